The Balaban J connectivity index is 1.86. The van der Waals surface area contributed by atoms with Gasteiger partial charge in [-0.2, -0.15) is 5.10 Å². The Bertz CT molecular complexity index is 1030. The normalized spacial score (nSPS) is 11.3. The van der Waals surface area contributed by atoms with E-state index in [0.717, 1.165) is 11.3 Å². The second-order valence-corrected chi connectivity index (χ2v) is 7.15. The van der Waals surface area contributed by atoms with Crippen LogP contribution in [0.3, 0.4) is 0 Å². The molecule has 1 N–H and O–H groups in total. The van der Waals surface area contributed by atoms with Crippen molar-refractivity contribution in [2.24, 2.45) is 5.10 Å². The van der Waals surface area contributed by atoms with Crippen molar-refractivity contribution in [1.82, 2.24) is 5.43 Å². The van der Waals surface area contributed by atoms with E-state index in [2.05, 4.69) is 10.5 Å². The predicted octanol–water partition coefficient (Wildman–Crippen LogP) is 4.58. The highest BCUT2D eigenvalue weighted by molar-refractivity contribution is 7.17. The molecule has 2 heterocycles. The second-order valence-electron chi connectivity index (χ2n) is 4.59. The standard InChI is InChI=1S/C15H7Cl3N2O3S/c16-8-3-9-13(21)7(6-23-14(9)10(17)4-8)5-19-20-15(22)11-1-2-12(18)24-11/h1-6H,(H,20,22)/b19-5-. The summed E-state index contributed by atoms with van der Waals surface area (Å²) in [5.41, 5.74) is 2.33. The molecule has 1 aromatic carbocycles. The second kappa shape index (κ2) is 6.94. The summed E-state index contributed by atoms with van der Waals surface area (Å²) < 4.78 is 5.84. The van der Waals surface area contributed by atoms with Crippen LogP contribution in [0.25, 0.3) is 11.0 Å². The van der Waals surface area contributed by atoms with Gasteiger partial charge < -0.3 is 4.42 Å². The molecular formula is C15H7Cl3N2O3S. The zero-order chi connectivity index (χ0) is 17.3. The maximum atomic E-state index is 12.4. The van der Waals surface area contributed by atoms with Crippen LogP contribution in [0.15, 0.2) is 44.8 Å². The summed E-state index contributed by atoms with van der Waals surface area (Å²) in [5.74, 6) is -0.431. The Kier molecular flexibility index (Phi) is 4.91. The Morgan fingerprint density at radius 1 is 1.25 bits per heavy atom. The molecule has 2 aromatic heterocycles. The zero-order valence-corrected chi connectivity index (χ0v) is 14.8. The van der Waals surface area contributed by atoms with Crippen LogP contribution < -0.4 is 10.9 Å². The molecule has 0 atom stereocenters. The molecule has 0 aliphatic rings. The maximum absolute atomic E-state index is 12.4. The van der Waals surface area contributed by atoms with Crippen molar-refractivity contribution in [2.75, 3.05) is 0 Å². The number of hydrazone groups is 1. The van der Waals surface area contributed by atoms with E-state index in [0.29, 0.717) is 14.2 Å². The molecule has 3 aromatic rings. The topological polar surface area (TPSA) is 71.7 Å². The van der Waals surface area contributed by atoms with Crippen LogP contribution in [-0.4, -0.2) is 12.1 Å². The first-order valence-corrected chi connectivity index (χ1v) is 8.40. The molecule has 1 amide bonds. The number of hydrogen-bond donors (Lipinski definition) is 1. The lowest BCUT2D eigenvalue weighted by molar-refractivity contribution is 0.0959. The van der Waals surface area contributed by atoms with Crippen molar-refractivity contribution in [3.63, 3.8) is 0 Å². The molecule has 9 heteroatoms. The number of amides is 1. The number of benzene rings is 1. The van der Waals surface area contributed by atoms with Gasteiger partial charge in [-0.1, -0.05) is 34.8 Å². The highest BCUT2D eigenvalue weighted by Gasteiger charge is 2.11. The summed E-state index contributed by atoms with van der Waals surface area (Å²) in [6, 6.07) is 6.12. The van der Waals surface area contributed by atoms with E-state index in [1.54, 1.807) is 12.1 Å². The molecule has 0 fully saturated rings. The van der Waals surface area contributed by atoms with E-state index in [1.807, 2.05) is 0 Å². The van der Waals surface area contributed by atoms with Crippen molar-refractivity contribution in [2.45, 2.75) is 0 Å². The maximum Gasteiger partial charge on any atom is 0.281 e. The summed E-state index contributed by atoms with van der Waals surface area (Å²) >= 11 is 18.8. The third kappa shape index (κ3) is 3.47. The molecule has 0 saturated heterocycles. The van der Waals surface area contributed by atoms with Gasteiger partial charge in [0.2, 0.25) is 5.43 Å². The number of carbonyl (C=O) groups is 1. The molecular weight excluding hydrogens is 395 g/mol. The van der Waals surface area contributed by atoms with Crippen LogP contribution in [0, 0.1) is 0 Å². The van der Waals surface area contributed by atoms with Gasteiger partial charge in [0, 0.05) is 5.02 Å². The first-order chi connectivity index (χ1) is 11.5. The fraction of sp³-hybridized carbons (Fsp3) is 0. The van der Waals surface area contributed by atoms with Crippen LogP contribution >= 0.6 is 46.1 Å². The fourth-order valence-corrected chi connectivity index (χ4v) is 3.39. The Morgan fingerprint density at radius 2 is 2.04 bits per heavy atom. The summed E-state index contributed by atoms with van der Waals surface area (Å²) in [6.07, 6.45) is 2.40. The number of hydrogen-bond acceptors (Lipinski definition) is 5. The monoisotopic (exact) mass is 400 g/mol. The molecule has 0 unspecified atom stereocenters. The van der Waals surface area contributed by atoms with E-state index in [1.165, 1.54) is 24.6 Å². The zero-order valence-electron chi connectivity index (χ0n) is 11.7. The largest absolute Gasteiger partial charge is 0.462 e. The Hall–Kier alpha value is -1.86. The van der Waals surface area contributed by atoms with Gasteiger partial charge in [-0.05, 0) is 24.3 Å². The van der Waals surface area contributed by atoms with Crippen molar-refractivity contribution in [1.29, 1.82) is 0 Å². The minimum Gasteiger partial charge on any atom is -0.462 e. The average Bonchev–Trinajstić information content (AvgIpc) is 2.96. The third-order valence-electron chi connectivity index (χ3n) is 2.99. The van der Waals surface area contributed by atoms with Crippen molar-refractivity contribution < 1.29 is 9.21 Å². The lowest BCUT2D eigenvalue weighted by Crippen LogP contribution is -2.17. The number of nitrogens with one attached hydrogen (secondary N) is 1. The van der Waals surface area contributed by atoms with Crippen LogP contribution in [0.5, 0.6) is 0 Å². The first-order valence-electron chi connectivity index (χ1n) is 6.45. The van der Waals surface area contributed by atoms with E-state index in [-0.39, 0.29) is 27.0 Å². The summed E-state index contributed by atoms with van der Waals surface area (Å²) in [5, 5.41) is 4.54. The molecule has 0 radical (unpaired) electrons. The molecule has 0 saturated carbocycles. The third-order valence-corrected chi connectivity index (χ3v) is 4.71. The van der Waals surface area contributed by atoms with Crippen molar-refractivity contribution >= 4 is 69.2 Å². The quantitative estimate of drug-likeness (QED) is 0.516. The van der Waals surface area contributed by atoms with E-state index in [4.69, 9.17) is 39.2 Å². The minimum absolute atomic E-state index is 0.144. The van der Waals surface area contributed by atoms with Gasteiger partial charge >= 0.3 is 0 Å². The molecule has 24 heavy (non-hydrogen) atoms. The molecule has 122 valence electrons. The number of carbonyl (C=O) groups excluding carboxylic acids is 1. The number of halogens is 3. The van der Waals surface area contributed by atoms with Gasteiger partial charge in [-0.3, -0.25) is 9.59 Å². The molecule has 0 spiro atoms. The molecule has 0 aliphatic heterocycles. The van der Waals surface area contributed by atoms with Gasteiger partial charge in [0.1, 0.15) is 6.26 Å². The van der Waals surface area contributed by atoms with Gasteiger partial charge in [0.25, 0.3) is 5.91 Å². The van der Waals surface area contributed by atoms with Crippen LogP contribution in [0.1, 0.15) is 15.2 Å². The van der Waals surface area contributed by atoms with Crippen LogP contribution in [0.2, 0.25) is 14.4 Å². The average molecular weight is 402 g/mol. The minimum atomic E-state index is -0.431. The first kappa shape index (κ1) is 17.0. The predicted molar refractivity (Wildman–Crippen MR) is 96.9 cm³/mol. The Labute approximate surface area is 154 Å². The number of fused-ring (bicyclic) bond motifs is 1. The number of rotatable bonds is 3. The molecule has 0 bridgehead atoms. The fourth-order valence-electron chi connectivity index (χ4n) is 1.92. The molecule has 3 rings (SSSR count). The number of thiophene rings is 1. The van der Waals surface area contributed by atoms with E-state index >= 15 is 0 Å². The molecule has 5 nitrogen and oxygen atoms in total. The van der Waals surface area contributed by atoms with Gasteiger partial charge in [-0.25, -0.2) is 5.43 Å². The molecule has 0 aliphatic carbocycles. The smallest absolute Gasteiger partial charge is 0.281 e. The van der Waals surface area contributed by atoms with E-state index in [9.17, 15) is 9.59 Å². The highest BCUT2D eigenvalue weighted by Crippen LogP contribution is 2.26. The van der Waals surface area contributed by atoms with Gasteiger partial charge in [0.15, 0.2) is 5.58 Å². The van der Waals surface area contributed by atoms with Gasteiger partial charge in [-0.15, -0.1) is 11.3 Å². The summed E-state index contributed by atoms with van der Waals surface area (Å²) in [6.45, 7) is 0. The van der Waals surface area contributed by atoms with Crippen LogP contribution in [0.4, 0.5) is 0 Å². The van der Waals surface area contributed by atoms with Gasteiger partial charge in [0.05, 0.1) is 31.4 Å². The SMILES string of the molecule is O=C(N/N=C\c1coc2c(Cl)cc(Cl)cc2c1=O)c1ccc(Cl)s1. The Morgan fingerprint density at radius 3 is 2.75 bits per heavy atom. The van der Waals surface area contributed by atoms with Crippen LogP contribution in [-0.2, 0) is 0 Å². The van der Waals surface area contributed by atoms with Crippen molar-refractivity contribution in [3.8, 4) is 0 Å². The highest BCUT2D eigenvalue weighted by atomic mass is 35.5. The summed E-state index contributed by atoms with van der Waals surface area (Å²) in [7, 11) is 0. The lowest BCUT2D eigenvalue weighted by atomic mass is 10.2. The van der Waals surface area contributed by atoms with Crippen molar-refractivity contribution in [3.05, 3.63) is 65.6 Å². The number of nitrogens with zero attached hydrogens (tertiary/aromatic N) is 1. The lowest BCUT2D eigenvalue weighted by Gasteiger charge is -2.01. The van der Waals surface area contributed by atoms with E-state index < -0.39 is 5.91 Å². The summed E-state index contributed by atoms with van der Waals surface area (Å²) in [4.78, 5) is 24.6.